The number of aromatic nitrogens is 6. The third-order valence-electron chi connectivity index (χ3n) is 11.8. The molecule has 0 atom stereocenters. The zero-order chi connectivity index (χ0) is 40.9. The summed E-state index contributed by atoms with van der Waals surface area (Å²) in [6.45, 7) is 16.8. The van der Waals surface area contributed by atoms with Crippen LogP contribution in [0.25, 0.3) is 20.7 Å². The number of fused-ring (bicyclic) bond motifs is 2. The van der Waals surface area contributed by atoms with E-state index < -0.39 is 14.0 Å². The summed E-state index contributed by atoms with van der Waals surface area (Å²) < 4.78 is 22.7. The molecule has 1 fully saturated rings. The van der Waals surface area contributed by atoms with Crippen LogP contribution in [0.2, 0.25) is 25.7 Å². The summed E-state index contributed by atoms with van der Waals surface area (Å²) in [5.74, 6) is 0.920. The lowest BCUT2D eigenvalue weighted by Crippen LogP contribution is -2.29. The second-order valence-corrected chi connectivity index (χ2v) is 24.8. The fourth-order valence-electron chi connectivity index (χ4n) is 8.35. The number of carbonyl (C=O) groups excluding carboxylic acids is 1. The number of benzene rings is 1. The van der Waals surface area contributed by atoms with E-state index >= 15 is 0 Å². The van der Waals surface area contributed by atoms with E-state index in [0.717, 1.165) is 93.2 Å². The summed E-state index contributed by atoms with van der Waals surface area (Å²) in [6.07, 6.45) is 13.7. The summed E-state index contributed by atoms with van der Waals surface area (Å²) in [7, 11) is 0.573. The number of methoxy groups -OCH3 is 1. The molecule has 7 rings (SSSR count). The highest BCUT2D eigenvalue weighted by atomic mass is 32.1. The number of ether oxygens (including phenoxy) is 3. The van der Waals surface area contributed by atoms with E-state index in [1.54, 1.807) is 18.4 Å². The largest absolute Gasteiger partial charge is 0.461 e. The van der Waals surface area contributed by atoms with Gasteiger partial charge in [0.1, 0.15) is 6.73 Å². The lowest BCUT2D eigenvalue weighted by molar-refractivity contribution is 0.0521. The van der Waals surface area contributed by atoms with Crippen molar-refractivity contribution in [1.29, 1.82) is 0 Å². The molecule has 0 unspecified atom stereocenters. The van der Waals surface area contributed by atoms with E-state index in [1.807, 2.05) is 13.1 Å². The van der Waals surface area contributed by atoms with Crippen LogP contribution in [-0.2, 0) is 33.9 Å². The van der Waals surface area contributed by atoms with Gasteiger partial charge in [0.05, 0.1) is 27.9 Å². The fraction of sp³-hybridized carbons (Fsp3) is 0.581. The van der Waals surface area contributed by atoms with Gasteiger partial charge >= 0.3 is 5.97 Å². The number of hydrogen-bond acceptors (Lipinski definition) is 12. The Morgan fingerprint density at radius 3 is 2.55 bits per heavy atom. The summed E-state index contributed by atoms with van der Waals surface area (Å²) in [5.41, 5.74) is 5.62. The number of esters is 1. The first-order valence-corrected chi connectivity index (χ1v) is 26.4. The lowest BCUT2D eigenvalue weighted by Gasteiger charge is -2.36. The lowest BCUT2D eigenvalue weighted by atomic mass is 9.73. The van der Waals surface area contributed by atoms with Crippen LogP contribution >= 0.6 is 22.7 Å². The molecular formula is C43H60N8O4S2Si. The van der Waals surface area contributed by atoms with Crippen molar-refractivity contribution in [2.24, 2.45) is 10.4 Å². The molecule has 58 heavy (non-hydrogen) atoms. The number of carbonyl (C=O) groups is 1. The quantitative estimate of drug-likeness (QED) is 0.0543. The predicted octanol–water partition coefficient (Wildman–Crippen LogP) is 10.0. The van der Waals surface area contributed by atoms with Crippen LogP contribution in [0.4, 0.5) is 16.8 Å². The SMILES string of the molecule is CCOC(=O)c1nc(N2CCc3c2nnc(N=c2sc4ccccc4n2COCC[Si](C)(C)C)c3C)sc1-c1cnn(CC2(CCCOC)CCCCCCC2)c1C. The van der Waals surface area contributed by atoms with Crippen molar-refractivity contribution >= 4 is 63.7 Å². The normalized spacial score (nSPS) is 16.2. The molecule has 1 aliphatic carbocycles. The van der Waals surface area contributed by atoms with Crippen molar-refractivity contribution in [3.8, 4) is 10.4 Å². The number of nitrogens with zero attached hydrogens (tertiary/aromatic N) is 8. The van der Waals surface area contributed by atoms with Crippen LogP contribution in [0.15, 0.2) is 35.5 Å². The Hall–Kier alpha value is -3.76. The molecule has 0 N–H and O–H groups in total. The molecule has 1 aliphatic heterocycles. The van der Waals surface area contributed by atoms with Gasteiger partial charge in [-0.3, -0.25) is 9.25 Å². The first kappa shape index (κ1) is 42.4. The number of hydrogen-bond donors (Lipinski definition) is 0. The third kappa shape index (κ3) is 9.49. The molecule has 1 saturated carbocycles. The highest BCUT2D eigenvalue weighted by Gasteiger charge is 2.34. The molecule has 5 aromatic rings. The maximum Gasteiger partial charge on any atom is 0.358 e. The minimum absolute atomic E-state index is 0.176. The van der Waals surface area contributed by atoms with Gasteiger partial charge in [-0.25, -0.2) is 9.78 Å². The van der Waals surface area contributed by atoms with Gasteiger partial charge in [0, 0.05) is 63.9 Å². The molecule has 4 aromatic heterocycles. The molecule has 312 valence electrons. The smallest absolute Gasteiger partial charge is 0.358 e. The molecule has 1 aromatic carbocycles. The van der Waals surface area contributed by atoms with Gasteiger partial charge in [0.25, 0.3) is 0 Å². The molecule has 2 aliphatic rings. The summed E-state index contributed by atoms with van der Waals surface area (Å²) >= 11 is 3.12. The van der Waals surface area contributed by atoms with Crippen molar-refractivity contribution in [3.63, 3.8) is 0 Å². The molecule has 0 spiro atoms. The van der Waals surface area contributed by atoms with Crippen molar-refractivity contribution in [1.82, 2.24) is 29.5 Å². The topological polar surface area (TPSA) is 122 Å². The Morgan fingerprint density at radius 1 is 1.02 bits per heavy atom. The Labute approximate surface area is 351 Å². The summed E-state index contributed by atoms with van der Waals surface area (Å²) in [4.78, 5) is 27.3. The van der Waals surface area contributed by atoms with Crippen molar-refractivity contribution in [3.05, 3.63) is 57.8 Å². The van der Waals surface area contributed by atoms with E-state index in [0.29, 0.717) is 29.9 Å². The Kier molecular flexibility index (Phi) is 13.6. The molecular weight excluding hydrogens is 785 g/mol. The Bertz CT molecular complexity index is 2260. The molecule has 0 saturated heterocycles. The van der Waals surface area contributed by atoms with Gasteiger partial charge in [-0.05, 0) is 76.5 Å². The summed E-state index contributed by atoms with van der Waals surface area (Å²) in [6, 6.07) is 9.45. The predicted molar refractivity (Wildman–Crippen MR) is 237 cm³/mol. The zero-order valence-corrected chi connectivity index (χ0v) is 38.1. The highest BCUT2D eigenvalue weighted by Crippen LogP contribution is 2.44. The maximum absolute atomic E-state index is 13.5. The average molecular weight is 845 g/mol. The van der Waals surface area contributed by atoms with Gasteiger partial charge < -0.3 is 19.1 Å². The minimum Gasteiger partial charge on any atom is -0.461 e. The second-order valence-electron chi connectivity index (χ2n) is 17.2. The van der Waals surface area contributed by atoms with Crippen LogP contribution in [-0.4, -0.2) is 77.0 Å². The van der Waals surface area contributed by atoms with Crippen LogP contribution in [0, 0.1) is 19.3 Å². The van der Waals surface area contributed by atoms with Crippen LogP contribution in [0.5, 0.6) is 0 Å². The van der Waals surface area contributed by atoms with Gasteiger partial charge in [-0.1, -0.05) is 86.6 Å². The Morgan fingerprint density at radius 2 is 1.79 bits per heavy atom. The molecule has 5 heterocycles. The van der Waals surface area contributed by atoms with Crippen LogP contribution < -0.4 is 9.70 Å². The third-order valence-corrected chi connectivity index (χ3v) is 15.6. The van der Waals surface area contributed by atoms with Crippen molar-refractivity contribution in [2.45, 2.75) is 124 Å². The number of anilines is 2. The summed E-state index contributed by atoms with van der Waals surface area (Å²) in [5, 5.41) is 15.1. The standard InChI is InChI=1S/C43H60N8O4S2Si/c1-8-55-40(52)36-37(33-27-44-51(31(33)3)28-43(22-16-24-53-4)20-14-10-9-11-15-21-43)57-41(45-36)49-23-19-32-30(2)38(47-48-39(32)49)46-42-50(29-54-25-26-58(5,6)7)34-17-12-13-18-35(34)56-42/h12-13,17-18,27H,8-11,14-16,19-26,28-29H2,1-7H3. The molecule has 0 radical (unpaired) electrons. The van der Waals surface area contributed by atoms with Gasteiger partial charge in [-0.2, -0.15) is 10.1 Å². The van der Waals surface area contributed by atoms with Gasteiger partial charge in [0.2, 0.25) is 0 Å². The first-order valence-electron chi connectivity index (χ1n) is 21.0. The van der Waals surface area contributed by atoms with Crippen molar-refractivity contribution < 1.29 is 19.0 Å². The molecule has 0 amide bonds. The number of rotatable bonds is 16. The molecule has 12 nitrogen and oxygen atoms in total. The highest BCUT2D eigenvalue weighted by molar-refractivity contribution is 7.19. The van der Waals surface area contributed by atoms with Crippen molar-refractivity contribution in [2.75, 3.05) is 38.4 Å². The van der Waals surface area contributed by atoms with Gasteiger partial charge in [0.15, 0.2) is 27.3 Å². The number of thiazole rings is 2. The second kappa shape index (κ2) is 18.7. The minimum atomic E-state index is -1.21. The monoisotopic (exact) mass is 844 g/mol. The van der Waals surface area contributed by atoms with E-state index in [1.165, 1.54) is 56.3 Å². The molecule has 15 heteroatoms. The first-order chi connectivity index (χ1) is 28.0. The van der Waals surface area contributed by atoms with Gasteiger partial charge in [-0.15, -0.1) is 10.2 Å². The van der Waals surface area contributed by atoms with Crippen LogP contribution in [0.1, 0.15) is 92.0 Å². The fourth-order valence-corrected chi connectivity index (χ4v) is 11.3. The zero-order valence-electron chi connectivity index (χ0n) is 35.4. The number of para-hydroxylation sites is 1. The van der Waals surface area contributed by atoms with E-state index in [2.05, 4.69) is 71.9 Å². The van der Waals surface area contributed by atoms with Crippen LogP contribution in [0.3, 0.4) is 0 Å². The van der Waals surface area contributed by atoms with E-state index in [-0.39, 0.29) is 12.0 Å². The Balaban J connectivity index is 1.19. The van der Waals surface area contributed by atoms with E-state index in [4.69, 9.17) is 39.5 Å². The average Bonchev–Trinajstić information content (AvgIpc) is 3.97. The molecule has 0 bridgehead atoms. The maximum atomic E-state index is 13.5. The van der Waals surface area contributed by atoms with E-state index in [9.17, 15) is 4.79 Å².